The standard InChI is InChI=1S/C31H29ClN2O6S/c1-37-24-14-9-15-25(38-2)28(24)30(35)33-20-12-8-13-21(16-20)41-29(19-10-6-5-7-11-19)31(36)34-23-17-22(32)26(39-3)18-27(23)40-4/h5-18,29H,1-4H3,(H,33,35)(H,34,36). The van der Waals surface area contributed by atoms with Crippen molar-refractivity contribution in [2.45, 2.75) is 10.1 Å². The summed E-state index contributed by atoms with van der Waals surface area (Å²) in [6.45, 7) is 0. The fraction of sp³-hybridized carbons (Fsp3) is 0.161. The van der Waals surface area contributed by atoms with E-state index in [-0.39, 0.29) is 17.4 Å². The number of hydrogen-bond donors (Lipinski definition) is 2. The number of ether oxygens (including phenoxy) is 4. The van der Waals surface area contributed by atoms with Crippen LogP contribution in [0.3, 0.4) is 0 Å². The third-order valence-corrected chi connectivity index (χ3v) is 7.62. The highest BCUT2D eigenvalue weighted by atomic mass is 35.5. The van der Waals surface area contributed by atoms with Gasteiger partial charge in [0.2, 0.25) is 5.91 Å². The fourth-order valence-electron chi connectivity index (χ4n) is 4.11. The Kier molecular flexibility index (Phi) is 10.00. The molecule has 0 saturated heterocycles. The normalized spacial score (nSPS) is 11.2. The third-order valence-electron chi connectivity index (χ3n) is 6.07. The highest BCUT2D eigenvalue weighted by Gasteiger charge is 2.25. The Hall–Kier alpha value is -4.34. The summed E-state index contributed by atoms with van der Waals surface area (Å²) in [7, 11) is 5.99. The van der Waals surface area contributed by atoms with Crippen LogP contribution in [0.4, 0.5) is 11.4 Å². The highest BCUT2D eigenvalue weighted by molar-refractivity contribution is 8.00. The topological polar surface area (TPSA) is 95.1 Å². The van der Waals surface area contributed by atoms with Crippen molar-refractivity contribution >= 4 is 46.6 Å². The maximum Gasteiger partial charge on any atom is 0.263 e. The monoisotopic (exact) mass is 592 g/mol. The number of halogens is 1. The largest absolute Gasteiger partial charge is 0.496 e. The molecule has 1 atom stereocenters. The van der Waals surface area contributed by atoms with Crippen LogP contribution in [0.2, 0.25) is 5.02 Å². The van der Waals surface area contributed by atoms with Gasteiger partial charge in [-0.3, -0.25) is 9.59 Å². The molecule has 4 rings (SSSR count). The van der Waals surface area contributed by atoms with E-state index in [1.165, 1.54) is 40.2 Å². The Balaban J connectivity index is 1.60. The van der Waals surface area contributed by atoms with Gasteiger partial charge in [0.25, 0.3) is 5.91 Å². The van der Waals surface area contributed by atoms with Crippen molar-refractivity contribution in [1.29, 1.82) is 0 Å². The molecule has 0 saturated carbocycles. The van der Waals surface area contributed by atoms with Crippen LogP contribution >= 0.6 is 23.4 Å². The smallest absolute Gasteiger partial charge is 0.263 e. The molecule has 0 heterocycles. The van der Waals surface area contributed by atoms with Gasteiger partial charge < -0.3 is 29.6 Å². The van der Waals surface area contributed by atoms with E-state index in [2.05, 4.69) is 10.6 Å². The molecule has 0 spiro atoms. The first-order valence-corrected chi connectivity index (χ1v) is 13.7. The number of carbonyl (C=O) groups excluding carboxylic acids is 2. The molecular formula is C31H29ClN2O6S. The second-order valence-electron chi connectivity index (χ2n) is 8.60. The van der Waals surface area contributed by atoms with Gasteiger partial charge in [-0.25, -0.2) is 0 Å². The predicted octanol–water partition coefficient (Wildman–Crippen LogP) is 7.10. The van der Waals surface area contributed by atoms with Crippen LogP contribution < -0.4 is 29.6 Å². The van der Waals surface area contributed by atoms with Crippen molar-refractivity contribution in [3.05, 3.63) is 101 Å². The first-order chi connectivity index (χ1) is 19.9. The maximum atomic E-state index is 13.7. The Morgan fingerprint density at radius 1 is 0.707 bits per heavy atom. The average Bonchev–Trinajstić information content (AvgIpc) is 3.00. The van der Waals surface area contributed by atoms with Crippen molar-refractivity contribution in [3.8, 4) is 23.0 Å². The molecule has 0 bridgehead atoms. The van der Waals surface area contributed by atoms with Crippen molar-refractivity contribution in [1.82, 2.24) is 0 Å². The highest BCUT2D eigenvalue weighted by Crippen LogP contribution is 2.40. The number of rotatable bonds is 11. The lowest BCUT2D eigenvalue weighted by atomic mass is 10.1. The first-order valence-electron chi connectivity index (χ1n) is 12.4. The van der Waals surface area contributed by atoms with Crippen LogP contribution in [0, 0.1) is 0 Å². The lowest BCUT2D eigenvalue weighted by molar-refractivity contribution is -0.115. The number of nitrogens with one attached hydrogen (secondary N) is 2. The molecule has 41 heavy (non-hydrogen) atoms. The average molecular weight is 593 g/mol. The number of benzene rings is 4. The van der Waals surface area contributed by atoms with Crippen molar-refractivity contribution in [2.75, 3.05) is 39.1 Å². The minimum Gasteiger partial charge on any atom is -0.496 e. The second kappa shape index (κ2) is 13.8. The Bertz CT molecular complexity index is 1510. The summed E-state index contributed by atoms with van der Waals surface area (Å²) in [5, 5.41) is 5.55. The van der Waals surface area contributed by atoms with Crippen LogP contribution in [-0.4, -0.2) is 40.3 Å². The molecule has 0 aliphatic rings. The molecule has 2 amide bonds. The second-order valence-corrected chi connectivity index (χ2v) is 10.2. The van der Waals surface area contributed by atoms with Gasteiger partial charge in [-0.05, 0) is 42.0 Å². The van der Waals surface area contributed by atoms with Gasteiger partial charge in [0, 0.05) is 16.6 Å². The van der Waals surface area contributed by atoms with Gasteiger partial charge in [-0.2, -0.15) is 0 Å². The van der Waals surface area contributed by atoms with Crippen LogP contribution in [0.15, 0.2) is 89.8 Å². The number of hydrogen-bond acceptors (Lipinski definition) is 7. The van der Waals surface area contributed by atoms with Crippen molar-refractivity contribution in [3.63, 3.8) is 0 Å². The van der Waals surface area contributed by atoms with E-state index in [0.717, 1.165) is 10.5 Å². The summed E-state index contributed by atoms with van der Waals surface area (Å²) in [5.41, 5.74) is 2.03. The summed E-state index contributed by atoms with van der Waals surface area (Å²) < 4.78 is 21.5. The Labute approximate surface area is 247 Å². The van der Waals surface area contributed by atoms with E-state index < -0.39 is 5.25 Å². The van der Waals surface area contributed by atoms with E-state index in [1.54, 1.807) is 42.5 Å². The van der Waals surface area contributed by atoms with Crippen LogP contribution in [0.1, 0.15) is 21.2 Å². The molecule has 0 aromatic heterocycles. The molecule has 1 unspecified atom stereocenters. The maximum absolute atomic E-state index is 13.7. The van der Waals surface area contributed by atoms with Crippen LogP contribution in [0.25, 0.3) is 0 Å². The zero-order chi connectivity index (χ0) is 29.4. The first kappa shape index (κ1) is 29.6. The Morgan fingerprint density at radius 2 is 1.34 bits per heavy atom. The third kappa shape index (κ3) is 7.06. The number of amides is 2. The summed E-state index contributed by atoms with van der Waals surface area (Å²) in [4.78, 5) is 27.6. The predicted molar refractivity (Wildman–Crippen MR) is 162 cm³/mol. The van der Waals surface area contributed by atoms with Gasteiger partial charge in [0.05, 0.1) is 39.1 Å². The molecule has 212 valence electrons. The van der Waals surface area contributed by atoms with Gasteiger partial charge in [-0.1, -0.05) is 54.1 Å². The summed E-state index contributed by atoms with van der Waals surface area (Å²) in [6, 6.07) is 25.0. The molecule has 2 N–H and O–H groups in total. The zero-order valence-electron chi connectivity index (χ0n) is 22.9. The SMILES string of the molecule is COc1cc(OC)c(NC(=O)C(Sc2cccc(NC(=O)c3c(OC)cccc3OC)c2)c2ccccc2)cc1Cl. The van der Waals surface area contributed by atoms with Gasteiger partial charge in [0.15, 0.2) is 0 Å². The molecule has 0 aliphatic heterocycles. The minimum absolute atomic E-state index is 0.282. The molecule has 0 fully saturated rings. The van der Waals surface area contributed by atoms with Gasteiger partial charge in [-0.15, -0.1) is 11.8 Å². The molecule has 8 nitrogen and oxygen atoms in total. The van der Waals surface area contributed by atoms with Gasteiger partial charge in [0.1, 0.15) is 33.8 Å². The van der Waals surface area contributed by atoms with Crippen LogP contribution in [0.5, 0.6) is 23.0 Å². The van der Waals surface area contributed by atoms with Crippen molar-refractivity contribution < 1.29 is 28.5 Å². The van der Waals surface area contributed by atoms with Crippen LogP contribution in [-0.2, 0) is 4.79 Å². The molecule has 10 heteroatoms. The lowest BCUT2D eigenvalue weighted by Gasteiger charge is -2.19. The van der Waals surface area contributed by atoms with E-state index in [0.29, 0.717) is 39.4 Å². The summed E-state index contributed by atoms with van der Waals surface area (Å²) in [5.74, 6) is 0.953. The van der Waals surface area contributed by atoms with E-state index in [9.17, 15) is 9.59 Å². The number of carbonyl (C=O) groups is 2. The molecular weight excluding hydrogens is 564 g/mol. The number of methoxy groups -OCH3 is 4. The molecule has 0 aliphatic carbocycles. The number of anilines is 2. The molecule has 0 radical (unpaired) electrons. The van der Waals surface area contributed by atoms with E-state index in [4.69, 9.17) is 30.5 Å². The quantitative estimate of drug-likeness (QED) is 0.179. The fourth-order valence-corrected chi connectivity index (χ4v) is 5.43. The minimum atomic E-state index is -0.637. The number of thioether (sulfide) groups is 1. The lowest BCUT2D eigenvalue weighted by Crippen LogP contribution is -2.19. The Morgan fingerprint density at radius 3 is 1.98 bits per heavy atom. The van der Waals surface area contributed by atoms with E-state index in [1.807, 2.05) is 42.5 Å². The molecule has 4 aromatic rings. The summed E-state index contributed by atoms with van der Waals surface area (Å²) >= 11 is 7.66. The molecule has 4 aromatic carbocycles. The zero-order valence-corrected chi connectivity index (χ0v) is 24.5. The van der Waals surface area contributed by atoms with Crippen molar-refractivity contribution in [2.24, 2.45) is 0 Å². The summed E-state index contributed by atoms with van der Waals surface area (Å²) in [6.07, 6.45) is 0. The van der Waals surface area contributed by atoms with Gasteiger partial charge >= 0.3 is 0 Å². The van der Waals surface area contributed by atoms with E-state index >= 15 is 0 Å².